The van der Waals surface area contributed by atoms with Crippen LogP contribution in [0.2, 0.25) is 0 Å². The van der Waals surface area contributed by atoms with Gasteiger partial charge in [0.05, 0.1) is 11.6 Å². The molecule has 96 valence electrons. The third-order valence-electron chi connectivity index (χ3n) is 2.32. The van der Waals surface area contributed by atoms with Crippen LogP contribution in [0, 0.1) is 11.3 Å². The van der Waals surface area contributed by atoms with Crippen molar-refractivity contribution in [3.05, 3.63) is 36.2 Å². The SMILES string of the molecule is C[C@@H](Oc1ccc(C#N)cc1)C(=O)Nc1ncn[nH]1. The van der Waals surface area contributed by atoms with Gasteiger partial charge in [-0.1, -0.05) is 0 Å². The Morgan fingerprint density at radius 1 is 1.47 bits per heavy atom. The second-order valence-corrected chi connectivity index (χ2v) is 3.72. The van der Waals surface area contributed by atoms with Crippen LogP contribution in [-0.2, 0) is 4.79 Å². The maximum absolute atomic E-state index is 11.8. The molecule has 0 spiro atoms. The molecule has 1 atom stereocenters. The fourth-order valence-corrected chi connectivity index (χ4v) is 1.35. The summed E-state index contributed by atoms with van der Waals surface area (Å²) in [5.74, 6) is 0.431. The first-order chi connectivity index (χ1) is 9.19. The molecule has 0 fully saturated rings. The average Bonchev–Trinajstić information content (AvgIpc) is 2.92. The second-order valence-electron chi connectivity index (χ2n) is 3.72. The van der Waals surface area contributed by atoms with Crippen molar-refractivity contribution in [3.63, 3.8) is 0 Å². The lowest BCUT2D eigenvalue weighted by atomic mass is 10.2. The summed E-state index contributed by atoms with van der Waals surface area (Å²) >= 11 is 0. The van der Waals surface area contributed by atoms with Gasteiger partial charge in [-0.2, -0.15) is 15.3 Å². The van der Waals surface area contributed by atoms with Crippen LogP contribution in [-0.4, -0.2) is 27.2 Å². The average molecular weight is 257 g/mol. The number of nitriles is 1. The number of anilines is 1. The van der Waals surface area contributed by atoms with E-state index < -0.39 is 6.10 Å². The van der Waals surface area contributed by atoms with Crippen molar-refractivity contribution in [2.75, 3.05) is 5.32 Å². The number of H-pyrrole nitrogens is 1. The van der Waals surface area contributed by atoms with Gasteiger partial charge in [0.25, 0.3) is 5.91 Å². The van der Waals surface area contributed by atoms with Crippen LogP contribution in [0.15, 0.2) is 30.6 Å². The van der Waals surface area contributed by atoms with Crippen LogP contribution >= 0.6 is 0 Å². The summed E-state index contributed by atoms with van der Waals surface area (Å²) < 4.78 is 5.44. The highest BCUT2D eigenvalue weighted by atomic mass is 16.5. The van der Waals surface area contributed by atoms with E-state index in [1.807, 2.05) is 6.07 Å². The number of carbonyl (C=O) groups is 1. The van der Waals surface area contributed by atoms with E-state index in [1.54, 1.807) is 31.2 Å². The standard InChI is InChI=1S/C12H11N5O2/c1-8(11(18)16-12-14-7-15-17-12)19-10-4-2-9(6-13)3-5-10/h2-5,7-8H,1H3,(H2,14,15,16,17,18)/t8-/m1/s1. The first-order valence-corrected chi connectivity index (χ1v) is 5.52. The largest absolute Gasteiger partial charge is 0.481 e. The van der Waals surface area contributed by atoms with Gasteiger partial charge < -0.3 is 4.74 Å². The van der Waals surface area contributed by atoms with Crippen LogP contribution in [0.3, 0.4) is 0 Å². The summed E-state index contributed by atoms with van der Waals surface area (Å²) in [7, 11) is 0. The molecule has 0 aliphatic carbocycles. The van der Waals surface area contributed by atoms with Crippen molar-refractivity contribution in [2.45, 2.75) is 13.0 Å². The van der Waals surface area contributed by atoms with E-state index in [1.165, 1.54) is 6.33 Å². The number of hydrogen-bond acceptors (Lipinski definition) is 5. The van der Waals surface area contributed by atoms with Gasteiger partial charge in [0.2, 0.25) is 5.95 Å². The van der Waals surface area contributed by atoms with Gasteiger partial charge in [0, 0.05) is 0 Å². The van der Waals surface area contributed by atoms with Gasteiger partial charge >= 0.3 is 0 Å². The van der Waals surface area contributed by atoms with Crippen LogP contribution in [0.25, 0.3) is 0 Å². The maximum atomic E-state index is 11.8. The van der Waals surface area contributed by atoms with Crippen molar-refractivity contribution >= 4 is 11.9 Å². The van der Waals surface area contributed by atoms with Gasteiger partial charge in [-0.15, -0.1) is 0 Å². The maximum Gasteiger partial charge on any atom is 0.267 e. The fraction of sp³-hybridized carbons (Fsp3) is 0.167. The van der Waals surface area contributed by atoms with Crippen molar-refractivity contribution in [1.82, 2.24) is 15.2 Å². The highest BCUT2D eigenvalue weighted by Crippen LogP contribution is 2.13. The number of amides is 1. The van der Waals surface area contributed by atoms with Crippen LogP contribution in [0.4, 0.5) is 5.95 Å². The summed E-state index contributed by atoms with van der Waals surface area (Å²) in [5.41, 5.74) is 0.533. The number of ether oxygens (including phenoxy) is 1. The minimum absolute atomic E-state index is 0.264. The number of aromatic amines is 1. The molecule has 7 heteroatoms. The van der Waals surface area contributed by atoms with E-state index in [4.69, 9.17) is 10.00 Å². The number of hydrogen-bond donors (Lipinski definition) is 2. The molecule has 1 amide bonds. The van der Waals surface area contributed by atoms with Crippen molar-refractivity contribution in [2.24, 2.45) is 0 Å². The summed E-state index contributed by atoms with van der Waals surface area (Å²) in [5, 5.41) is 17.3. The van der Waals surface area contributed by atoms with Crippen LogP contribution in [0.1, 0.15) is 12.5 Å². The molecule has 0 saturated carbocycles. The van der Waals surface area contributed by atoms with Gasteiger partial charge in [0.1, 0.15) is 12.1 Å². The summed E-state index contributed by atoms with van der Waals surface area (Å²) in [6.07, 6.45) is 0.597. The van der Waals surface area contributed by atoms with Crippen LogP contribution in [0.5, 0.6) is 5.75 Å². The quantitative estimate of drug-likeness (QED) is 0.853. The zero-order valence-corrected chi connectivity index (χ0v) is 10.1. The molecule has 7 nitrogen and oxygen atoms in total. The number of rotatable bonds is 4. The van der Waals surface area contributed by atoms with E-state index in [9.17, 15) is 4.79 Å². The van der Waals surface area contributed by atoms with Crippen molar-refractivity contribution in [3.8, 4) is 11.8 Å². The number of carbonyl (C=O) groups excluding carboxylic acids is 1. The van der Waals surface area contributed by atoms with E-state index >= 15 is 0 Å². The smallest absolute Gasteiger partial charge is 0.267 e. The Morgan fingerprint density at radius 2 is 2.21 bits per heavy atom. The molecule has 1 aromatic heterocycles. The summed E-state index contributed by atoms with van der Waals surface area (Å²) in [6.45, 7) is 1.61. The Labute approximate surface area is 109 Å². The number of aromatic nitrogens is 3. The normalized spacial score (nSPS) is 11.4. The zero-order chi connectivity index (χ0) is 13.7. The molecule has 0 aliphatic heterocycles. The topological polar surface area (TPSA) is 104 Å². The molecular weight excluding hydrogens is 246 g/mol. The third-order valence-corrected chi connectivity index (χ3v) is 2.32. The Kier molecular flexibility index (Phi) is 3.73. The molecule has 2 rings (SSSR count). The number of benzene rings is 1. The predicted molar refractivity (Wildman–Crippen MR) is 66.3 cm³/mol. The molecule has 2 aromatic rings. The van der Waals surface area contributed by atoms with Gasteiger partial charge in [-0.25, -0.2) is 5.10 Å². The second kappa shape index (κ2) is 5.64. The lowest BCUT2D eigenvalue weighted by molar-refractivity contribution is -0.122. The molecule has 0 aliphatic rings. The molecule has 1 aromatic carbocycles. The molecule has 0 bridgehead atoms. The first kappa shape index (κ1) is 12.6. The van der Waals surface area contributed by atoms with Crippen molar-refractivity contribution in [1.29, 1.82) is 5.26 Å². The Balaban J connectivity index is 1.94. The zero-order valence-electron chi connectivity index (χ0n) is 10.1. The van der Waals surface area contributed by atoms with Crippen molar-refractivity contribution < 1.29 is 9.53 Å². The highest BCUT2D eigenvalue weighted by Gasteiger charge is 2.15. The Morgan fingerprint density at radius 3 is 2.79 bits per heavy atom. The number of nitrogens with zero attached hydrogens (tertiary/aromatic N) is 3. The lowest BCUT2D eigenvalue weighted by Crippen LogP contribution is -2.30. The monoisotopic (exact) mass is 257 g/mol. The van der Waals surface area contributed by atoms with E-state index in [2.05, 4.69) is 20.5 Å². The molecule has 0 radical (unpaired) electrons. The molecule has 2 N–H and O–H groups in total. The Bertz CT molecular complexity index is 586. The predicted octanol–water partition coefficient (Wildman–Crippen LogP) is 1.08. The third kappa shape index (κ3) is 3.29. The summed E-state index contributed by atoms with van der Waals surface area (Å²) in [6, 6.07) is 8.52. The Hall–Kier alpha value is -2.88. The van der Waals surface area contributed by atoms with E-state index in [-0.39, 0.29) is 11.9 Å². The molecule has 1 heterocycles. The molecule has 0 unspecified atom stereocenters. The van der Waals surface area contributed by atoms with E-state index in [0.29, 0.717) is 11.3 Å². The molecule has 19 heavy (non-hydrogen) atoms. The van der Waals surface area contributed by atoms with Gasteiger partial charge in [-0.05, 0) is 31.2 Å². The molecule has 0 saturated heterocycles. The minimum Gasteiger partial charge on any atom is -0.481 e. The van der Waals surface area contributed by atoms with E-state index in [0.717, 1.165) is 0 Å². The van der Waals surface area contributed by atoms with Gasteiger partial charge in [-0.3, -0.25) is 10.1 Å². The minimum atomic E-state index is -0.696. The highest BCUT2D eigenvalue weighted by molar-refractivity contribution is 5.92. The molecular formula is C12H11N5O2. The number of nitrogens with one attached hydrogen (secondary N) is 2. The fourth-order valence-electron chi connectivity index (χ4n) is 1.35. The van der Waals surface area contributed by atoms with Gasteiger partial charge in [0.15, 0.2) is 6.10 Å². The first-order valence-electron chi connectivity index (χ1n) is 5.52. The van der Waals surface area contributed by atoms with Crippen LogP contribution < -0.4 is 10.1 Å². The lowest BCUT2D eigenvalue weighted by Gasteiger charge is -2.13. The summed E-state index contributed by atoms with van der Waals surface area (Å²) in [4.78, 5) is 15.5.